The molecule has 0 atom stereocenters. The molecule has 156 valence electrons. The maximum atomic E-state index is 12.2. The zero-order valence-electron chi connectivity index (χ0n) is 16.3. The molecular weight excluding hydrogens is 398 g/mol. The fourth-order valence-corrected chi connectivity index (χ4v) is 3.37. The summed E-state index contributed by atoms with van der Waals surface area (Å²) in [6.45, 7) is 1.73. The van der Waals surface area contributed by atoms with Gasteiger partial charge in [0.2, 0.25) is 15.9 Å². The highest BCUT2D eigenvalue weighted by atomic mass is 32.2. The van der Waals surface area contributed by atoms with Gasteiger partial charge in [0.1, 0.15) is 0 Å². The molecule has 3 N–H and O–H groups in total. The average molecular weight is 421 g/mol. The van der Waals surface area contributed by atoms with E-state index < -0.39 is 21.8 Å². The minimum Gasteiger partial charge on any atom is -0.493 e. The van der Waals surface area contributed by atoms with Crippen LogP contribution in [0.5, 0.6) is 11.5 Å². The van der Waals surface area contributed by atoms with Crippen molar-refractivity contribution in [3.63, 3.8) is 0 Å². The highest BCUT2D eigenvalue weighted by Gasteiger charge is 2.15. The van der Waals surface area contributed by atoms with Crippen LogP contribution in [-0.2, 0) is 14.8 Å². The molecule has 29 heavy (non-hydrogen) atoms. The van der Waals surface area contributed by atoms with E-state index in [-0.39, 0.29) is 23.4 Å². The molecular formula is C19H23N3O6S. The Kier molecular flexibility index (Phi) is 7.57. The molecule has 2 amide bonds. The molecule has 0 aliphatic heterocycles. The zero-order valence-corrected chi connectivity index (χ0v) is 17.1. The van der Waals surface area contributed by atoms with Gasteiger partial charge in [0.05, 0.1) is 19.1 Å². The summed E-state index contributed by atoms with van der Waals surface area (Å²) in [6, 6.07) is 10.9. The number of amides is 2. The maximum absolute atomic E-state index is 12.2. The third kappa shape index (κ3) is 6.19. The first-order valence-electron chi connectivity index (χ1n) is 8.64. The van der Waals surface area contributed by atoms with Crippen LogP contribution in [0.15, 0.2) is 47.4 Å². The van der Waals surface area contributed by atoms with E-state index in [9.17, 15) is 18.0 Å². The number of sulfonamides is 1. The number of hydrogen-bond acceptors (Lipinski definition) is 6. The number of methoxy groups -OCH3 is 2. The van der Waals surface area contributed by atoms with Crippen molar-refractivity contribution >= 4 is 21.8 Å². The molecule has 9 nitrogen and oxygen atoms in total. The summed E-state index contributed by atoms with van der Waals surface area (Å²) in [4.78, 5) is 24.1. The highest BCUT2D eigenvalue weighted by Crippen LogP contribution is 2.27. The SMILES string of the molecule is COc1ccc(C(=O)NNC(=O)CCNS(=O)(=O)c2ccc(C)cc2)cc1OC. The maximum Gasteiger partial charge on any atom is 0.269 e. The van der Waals surface area contributed by atoms with Gasteiger partial charge in [-0.25, -0.2) is 13.1 Å². The van der Waals surface area contributed by atoms with Crippen molar-refractivity contribution in [1.29, 1.82) is 0 Å². The Hall–Kier alpha value is -3.11. The lowest BCUT2D eigenvalue weighted by Gasteiger charge is -2.11. The van der Waals surface area contributed by atoms with E-state index in [1.54, 1.807) is 18.2 Å². The fourth-order valence-electron chi connectivity index (χ4n) is 2.34. The van der Waals surface area contributed by atoms with Gasteiger partial charge in [-0.3, -0.25) is 20.4 Å². The first-order chi connectivity index (χ1) is 13.8. The van der Waals surface area contributed by atoms with Crippen LogP contribution in [0.25, 0.3) is 0 Å². The smallest absolute Gasteiger partial charge is 0.269 e. The third-order valence-corrected chi connectivity index (χ3v) is 5.41. The van der Waals surface area contributed by atoms with Gasteiger partial charge >= 0.3 is 0 Å². The monoisotopic (exact) mass is 421 g/mol. The fraction of sp³-hybridized carbons (Fsp3) is 0.263. The first kappa shape index (κ1) is 22.2. The highest BCUT2D eigenvalue weighted by molar-refractivity contribution is 7.89. The Morgan fingerprint density at radius 3 is 2.21 bits per heavy atom. The van der Waals surface area contributed by atoms with Gasteiger partial charge in [-0.2, -0.15) is 0 Å². The summed E-state index contributed by atoms with van der Waals surface area (Å²) in [6.07, 6.45) is -0.155. The largest absolute Gasteiger partial charge is 0.493 e. The lowest BCUT2D eigenvalue weighted by molar-refractivity contribution is -0.121. The van der Waals surface area contributed by atoms with Gasteiger partial charge in [-0.15, -0.1) is 0 Å². The number of hydrogen-bond donors (Lipinski definition) is 3. The Balaban J connectivity index is 1.82. The van der Waals surface area contributed by atoms with Crippen LogP contribution in [0.4, 0.5) is 0 Å². The molecule has 0 saturated carbocycles. The second kappa shape index (κ2) is 9.89. The summed E-state index contributed by atoms with van der Waals surface area (Å²) < 4.78 is 36.9. The summed E-state index contributed by atoms with van der Waals surface area (Å²) in [5.41, 5.74) is 5.69. The van der Waals surface area contributed by atoms with E-state index >= 15 is 0 Å². The number of ether oxygens (including phenoxy) is 2. The number of carbonyl (C=O) groups is 2. The van der Waals surface area contributed by atoms with Crippen molar-refractivity contribution in [3.05, 3.63) is 53.6 Å². The van der Waals surface area contributed by atoms with Gasteiger partial charge in [0.15, 0.2) is 11.5 Å². The molecule has 0 aromatic heterocycles. The molecule has 2 aromatic carbocycles. The van der Waals surface area contributed by atoms with Crippen molar-refractivity contribution in [2.75, 3.05) is 20.8 Å². The summed E-state index contributed by atoms with van der Waals surface area (Å²) in [5, 5.41) is 0. The summed E-state index contributed by atoms with van der Waals surface area (Å²) in [5.74, 6) is -0.268. The van der Waals surface area contributed by atoms with E-state index in [0.29, 0.717) is 11.5 Å². The van der Waals surface area contributed by atoms with Crippen molar-refractivity contribution in [2.45, 2.75) is 18.2 Å². The van der Waals surface area contributed by atoms with Crippen molar-refractivity contribution in [3.8, 4) is 11.5 Å². The number of aryl methyl sites for hydroxylation is 1. The van der Waals surface area contributed by atoms with Gasteiger partial charge in [0.25, 0.3) is 5.91 Å². The Labute approximate surface area is 169 Å². The van der Waals surface area contributed by atoms with Crippen molar-refractivity contribution < 1.29 is 27.5 Å². The van der Waals surface area contributed by atoms with Gasteiger partial charge in [-0.05, 0) is 37.3 Å². The summed E-state index contributed by atoms with van der Waals surface area (Å²) >= 11 is 0. The molecule has 0 bridgehead atoms. The van der Waals surface area contributed by atoms with Crippen molar-refractivity contribution in [1.82, 2.24) is 15.6 Å². The quantitative estimate of drug-likeness (QED) is 0.550. The Bertz CT molecular complexity index is 974. The lowest BCUT2D eigenvalue weighted by atomic mass is 10.2. The molecule has 0 unspecified atom stereocenters. The molecule has 0 radical (unpaired) electrons. The lowest BCUT2D eigenvalue weighted by Crippen LogP contribution is -2.42. The molecule has 0 aliphatic rings. The topological polar surface area (TPSA) is 123 Å². The molecule has 0 aliphatic carbocycles. The number of hydrazine groups is 1. The standard InChI is InChI=1S/C19H23N3O6S/c1-13-4-7-15(8-5-13)29(25,26)20-11-10-18(23)21-22-19(24)14-6-9-16(27-2)17(12-14)28-3/h4-9,12,20H,10-11H2,1-3H3,(H,21,23)(H,22,24). The predicted octanol–water partition coefficient (Wildman–Crippen LogP) is 1.14. The van der Waals surface area contributed by atoms with E-state index in [1.807, 2.05) is 6.92 Å². The molecule has 0 spiro atoms. The number of nitrogens with one attached hydrogen (secondary N) is 3. The normalized spacial score (nSPS) is 10.9. The predicted molar refractivity (Wildman–Crippen MR) is 106 cm³/mol. The summed E-state index contributed by atoms with van der Waals surface area (Å²) in [7, 11) is -0.784. The van der Waals surface area contributed by atoms with Gasteiger partial charge in [-0.1, -0.05) is 17.7 Å². The molecule has 0 heterocycles. The average Bonchev–Trinajstić information content (AvgIpc) is 2.71. The molecule has 0 fully saturated rings. The van der Waals surface area contributed by atoms with E-state index in [2.05, 4.69) is 15.6 Å². The number of benzene rings is 2. The van der Waals surface area contributed by atoms with Crippen LogP contribution in [-0.4, -0.2) is 41.0 Å². The second-order valence-electron chi connectivity index (χ2n) is 6.03. The second-order valence-corrected chi connectivity index (χ2v) is 7.80. The van der Waals surface area contributed by atoms with Gasteiger partial charge < -0.3 is 9.47 Å². The van der Waals surface area contributed by atoms with Crippen LogP contribution in [0.1, 0.15) is 22.3 Å². The van der Waals surface area contributed by atoms with Crippen LogP contribution >= 0.6 is 0 Å². The molecule has 2 aromatic rings. The number of rotatable bonds is 8. The Morgan fingerprint density at radius 2 is 1.59 bits per heavy atom. The molecule has 0 saturated heterocycles. The van der Waals surface area contributed by atoms with Crippen LogP contribution in [0.3, 0.4) is 0 Å². The van der Waals surface area contributed by atoms with Crippen molar-refractivity contribution in [2.24, 2.45) is 0 Å². The van der Waals surface area contributed by atoms with Crippen LogP contribution < -0.4 is 25.0 Å². The van der Waals surface area contributed by atoms with E-state index in [4.69, 9.17) is 9.47 Å². The molecule has 2 rings (SSSR count). The Morgan fingerprint density at radius 1 is 0.931 bits per heavy atom. The number of carbonyl (C=O) groups excluding carboxylic acids is 2. The van der Waals surface area contributed by atoms with E-state index in [0.717, 1.165) is 5.56 Å². The van der Waals surface area contributed by atoms with Crippen LogP contribution in [0.2, 0.25) is 0 Å². The van der Waals surface area contributed by atoms with Crippen LogP contribution in [0, 0.1) is 6.92 Å². The first-order valence-corrected chi connectivity index (χ1v) is 10.1. The zero-order chi connectivity index (χ0) is 21.4. The minimum absolute atomic E-state index is 0.116. The van der Waals surface area contributed by atoms with Gasteiger partial charge in [0, 0.05) is 18.5 Å². The minimum atomic E-state index is -3.70. The third-order valence-electron chi connectivity index (χ3n) is 3.94. The molecule has 10 heteroatoms. The van der Waals surface area contributed by atoms with E-state index in [1.165, 1.54) is 38.5 Å².